The Bertz CT molecular complexity index is 449. The van der Waals surface area contributed by atoms with Crippen molar-refractivity contribution in [3.8, 4) is 0 Å². The van der Waals surface area contributed by atoms with Gasteiger partial charge in [-0.05, 0) is 44.1 Å². The van der Waals surface area contributed by atoms with Crippen LogP contribution in [0.1, 0.15) is 28.9 Å². The molecule has 1 amide bonds. The Morgan fingerprint density at radius 1 is 1.63 bits per heavy atom. The van der Waals surface area contributed by atoms with E-state index < -0.39 is 0 Å². The van der Waals surface area contributed by atoms with Crippen LogP contribution in [-0.4, -0.2) is 53.9 Å². The molecule has 1 aromatic rings. The summed E-state index contributed by atoms with van der Waals surface area (Å²) in [6.07, 6.45) is 3.84. The third-order valence-electron chi connectivity index (χ3n) is 3.75. The molecule has 2 N–H and O–H groups in total. The van der Waals surface area contributed by atoms with Gasteiger partial charge in [-0.15, -0.1) is 0 Å². The molecule has 0 aliphatic carbocycles. The summed E-state index contributed by atoms with van der Waals surface area (Å²) in [5.41, 5.74) is 7.02. The molecule has 1 aromatic heterocycles. The molecule has 0 bridgehead atoms. The molecule has 2 rings (SSSR count). The van der Waals surface area contributed by atoms with Gasteiger partial charge in [-0.3, -0.25) is 9.78 Å². The first-order chi connectivity index (χ1) is 9.11. The smallest absolute Gasteiger partial charge is 0.272 e. The van der Waals surface area contributed by atoms with Crippen LogP contribution in [-0.2, 0) is 6.54 Å². The zero-order valence-electron chi connectivity index (χ0n) is 11.7. The highest BCUT2D eigenvalue weighted by Gasteiger charge is 2.25. The summed E-state index contributed by atoms with van der Waals surface area (Å²) < 4.78 is 0. The molecule has 0 saturated carbocycles. The van der Waals surface area contributed by atoms with Crippen LogP contribution in [0, 0.1) is 0 Å². The van der Waals surface area contributed by atoms with E-state index in [0.29, 0.717) is 12.2 Å². The van der Waals surface area contributed by atoms with Crippen molar-refractivity contribution in [1.82, 2.24) is 14.8 Å². The number of piperidine rings is 1. The maximum absolute atomic E-state index is 12.4. The molecule has 1 aliphatic rings. The summed E-state index contributed by atoms with van der Waals surface area (Å²) in [4.78, 5) is 20.7. The van der Waals surface area contributed by atoms with Gasteiger partial charge < -0.3 is 15.5 Å². The van der Waals surface area contributed by atoms with Gasteiger partial charge in [-0.1, -0.05) is 0 Å². The van der Waals surface area contributed by atoms with E-state index in [-0.39, 0.29) is 11.9 Å². The molecule has 19 heavy (non-hydrogen) atoms. The minimum absolute atomic E-state index is 0.0180. The molecular weight excluding hydrogens is 240 g/mol. The Hall–Kier alpha value is -1.46. The largest absolute Gasteiger partial charge is 0.336 e. The fourth-order valence-corrected chi connectivity index (χ4v) is 2.52. The van der Waals surface area contributed by atoms with E-state index in [1.165, 1.54) is 0 Å². The molecule has 0 radical (unpaired) electrons. The number of likely N-dealkylation sites (N-methyl/N-ethyl adjacent to an activating group) is 2. The number of nitrogens with zero attached hydrogens (tertiary/aromatic N) is 3. The first kappa shape index (κ1) is 14.0. The van der Waals surface area contributed by atoms with Crippen LogP contribution in [0.25, 0.3) is 0 Å². The summed E-state index contributed by atoms with van der Waals surface area (Å²) in [5.74, 6) is -0.0180. The third-order valence-corrected chi connectivity index (χ3v) is 3.75. The molecule has 1 saturated heterocycles. The predicted molar refractivity (Wildman–Crippen MR) is 74.7 cm³/mol. The predicted octanol–water partition coefficient (Wildman–Crippen LogP) is 0.706. The lowest BCUT2D eigenvalue weighted by atomic mass is 10.0. The van der Waals surface area contributed by atoms with Crippen LogP contribution >= 0.6 is 0 Å². The minimum atomic E-state index is -0.0180. The average Bonchev–Trinajstić information content (AvgIpc) is 2.45. The van der Waals surface area contributed by atoms with E-state index in [0.717, 1.165) is 31.5 Å². The second-order valence-electron chi connectivity index (χ2n) is 5.23. The van der Waals surface area contributed by atoms with Gasteiger partial charge in [0.1, 0.15) is 5.69 Å². The van der Waals surface area contributed by atoms with Gasteiger partial charge in [0.25, 0.3) is 5.91 Å². The zero-order valence-corrected chi connectivity index (χ0v) is 11.7. The number of pyridine rings is 1. The molecule has 0 spiro atoms. The van der Waals surface area contributed by atoms with Crippen molar-refractivity contribution < 1.29 is 4.79 Å². The Labute approximate surface area is 114 Å². The fourth-order valence-electron chi connectivity index (χ4n) is 2.52. The standard InChI is InChI=1S/C14H22N4O/c1-17-7-3-4-12(10-17)18(2)14(19)13-8-11(9-15)5-6-16-13/h5-6,8,12H,3-4,7,9-10,15H2,1-2H3. The van der Waals surface area contributed by atoms with Gasteiger partial charge in [0, 0.05) is 32.4 Å². The monoisotopic (exact) mass is 262 g/mol. The molecule has 1 aliphatic heterocycles. The number of carbonyl (C=O) groups excluding carboxylic acids is 1. The number of carbonyl (C=O) groups is 1. The SMILES string of the molecule is CN1CCCC(N(C)C(=O)c2cc(CN)ccn2)C1. The second kappa shape index (κ2) is 6.12. The summed E-state index contributed by atoms with van der Waals surface area (Å²) in [7, 11) is 3.96. The number of aromatic nitrogens is 1. The summed E-state index contributed by atoms with van der Waals surface area (Å²) >= 11 is 0. The van der Waals surface area contributed by atoms with Crippen LogP contribution in [0.15, 0.2) is 18.3 Å². The van der Waals surface area contributed by atoms with E-state index in [2.05, 4.69) is 16.9 Å². The fraction of sp³-hybridized carbons (Fsp3) is 0.571. The van der Waals surface area contributed by atoms with Crippen LogP contribution in [0.2, 0.25) is 0 Å². The summed E-state index contributed by atoms with van der Waals surface area (Å²) in [6.45, 7) is 2.47. The number of likely N-dealkylation sites (tertiary alicyclic amines) is 1. The highest BCUT2D eigenvalue weighted by molar-refractivity contribution is 5.92. The molecule has 2 heterocycles. The Morgan fingerprint density at radius 2 is 2.42 bits per heavy atom. The van der Waals surface area contributed by atoms with Crippen molar-refractivity contribution >= 4 is 5.91 Å². The minimum Gasteiger partial charge on any atom is -0.336 e. The first-order valence-corrected chi connectivity index (χ1v) is 6.72. The third kappa shape index (κ3) is 3.30. The normalized spacial score (nSPS) is 20.3. The van der Waals surface area contributed by atoms with Gasteiger partial charge in [0.2, 0.25) is 0 Å². The lowest BCUT2D eigenvalue weighted by Crippen LogP contribution is -2.47. The maximum atomic E-state index is 12.4. The van der Waals surface area contributed by atoms with Gasteiger partial charge in [-0.25, -0.2) is 0 Å². The van der Waals surface area contributed by atoms with Gasteiger partial charge >= 0.3 is 0 Å². The van der Waals surface area contributed by atoms with Crippen molar-refractivity contribution in [2.24, 2.45) is 5.73 Å². The summed E-state index contributed by atoms with van der Waals surface area (Å²) in [6, 6.07) is 3.89. The van der Waals surface area contributed by atoms with Crippen LogP contribution in [0.4, 0.5) is 0 Å². The topological polar surface area (TPSA) is 62.5 Å². The van der Waals surface area contributed by atoms with Gasteiger partial charge in [0.15, 0.2) is 0 Å². The van der Waals surface area contributed by atoms with Crippen molar-refractivity contribution in [2.75, 3.05) is 27.2 Å². The Kier molecular flexibility index (Phi) is 4.50. The van der Waals surface area contributed by atoms with E-state index in [1.54, 1.807) is 12.3 Å². The van der Waals surface area contributed by atoms with Crippen LogP contribution in [0.3, 0.4) is 0 Å². The molecule has 0 aromatic carbocycles. The van der Waals surface area contributed by atoms with Crippen LogP contribution < -0.4 is 5.73 Å². The van der Waals surface area contributed by atoms with Gasteiger partial charge in [-0.2, -0.15) is 0 Å². The molecule has 5 heteroatoms. The van der Waals surface area contributed by atoms with Crippen molar-refractivity contribution in [3.05, 3.63) is 29.6 Å². The van der Waals surface area contributed by atoms with Crippen molar-refractivity contribution in [2.45, 2.75) is 25.4 Å². The highest BCUT2D eigenvalue weighted by atomic mass is 16.2. The quantitative estimate of drug-likeness (QED) is 0.871. The number of hydrogen-bond acceptors (Lipinski definition) is 4. The molecule has 1 atom stereocenters. The number of nitrogens with two attached hydrogens (primary N) is 1. The lowest BCUT2D eigenvalue weighted by molar-refractivity contribution is 0.0638. The molecule has 5 nitrogen and oxygen atoms in total. The molecule has 104 valence electrons. The number of rotatable bonds is 3. The average molecular weight is 262 g/mol. The summed E-state index contributed by atoms with van der Waals surface area (Å²) in [5, 5.41) is 0. The maximum Gasteiger partial charge on any atom is 0.272 e. The van der Waals surface area contributed by atoms with E-state index >= 15 is 0 Å². The lowest BCUT2D eigenvalue weighted by Gasteiger charge is -2.35. The molecule has 1 fully saturated rings. The van der Waals surface area contributed by atoms with Crippen molar-refractivity contribution in [1.29, 1.82) is 0 Å². The van der Waals surface area contributed by atoms with Gasteiger partial charge in [0.05, 0.1) is 0 Å². The Balaban J connectivity index is 2.09. The van der Waals surface area contributed by atoms with Crippen LogP contribution in [0.5, 0.6) is 0 Å². The first-order valence-electron chi connectivity index (χ1n) is 6.72. The second-order valence-corrected chi connectivity index (χ2v) is 5.23. The highest BCUT2D eigenvalue weighted by Crippen LogP contribution is 2.15. The van der Waals surface area contributed by atoms with E-state index in [1.807, 2.05) is 18.0 Å². The molecular formula is C14H22N4O. The molecule has 1 unspecified atom stereocenters. The number of amides is 1. The Morgan fingerprint density at radius 3 is 3.11 bits per heavy atom. The van der Waals surface area contributed by atoms with E-state index in [9.17, 15) is 4.79 Å². The van der Waals surface area contributed by atoms with Crippen molar-refractivity contribution in [3.63, 3.8) is 0 Å². The zero-order chi connectivity index (χ0) is 13.8. The van der Waals surface area contributed by atoms with E-state index in [4.69, 9.17) is 5.73 Å². The number of hydrogen-bond donors (Lipinski definition) is 1.